The van der Waals surface area contributed by atoms with Crippen molar-refractivity contribution < 1.29 is 14.2 Å². The van der Waals surface area contributed by atoms with Crippen LogP contribution in [0.25, 0.3) is 0 Å². The largest absolute Gasteiger partial charge is 0.493 e. The molecule has 1 aliphatic rings. The molecule has 0 spiro atoms. The second kappa shape index (κ2) is 8.90. The van der Waals surface area contributed by atoms with Crippen LogP contribution in [0.4, 0.5) is 0 Å². The summed E-state index contributed by atoms with van der Waals surface area (Å²) in [6.07, 6.45) is 4.83. The van der Waals surface area contributed by atoms with E-state index in [1.807, 2.05) is 6.07 Å². The van der Waals surface area contributed by atoms with Crippen LogP contribution in [0.3, 0.4) is 0 Å². The minimum atomic E-state index is 0.213. The Morgan fingerprint density at radius 2 is 2.19 bits per heavy atom. The Bertz CT molecular complexity index is 416. The quantitative estimate of drug-likeness (QED) is 0.747. The van der Waals surface area contributed by atoms with Gasteiger partial charge in [0.25, 0.3) is 0 Å². The van der Waals surface area contributed by atoms with E-state index in [0.717, 1.165) is 44.0 Å². The van der Waals surface area contributed by atoms with Gasteiger partial charge in [-0.15, -0.1) is 0 Å². The number of ether oxygens (including phenoxy) is 3. The van der Waals surface area contributed by atoms with Gasteiger partial charge in [0.2, 0.25) is 0 Å². The third-order valence-corrected chi connectivity index (χ3v) is 3.68. The van der Waals surface area contributed by atoms with Gasteiger partial charge in [-0.1, -0.05) is 13.0 Å². The molecule has 1 saturated heterocycles. The van der Waals surface area contributed by atoms with Crippen LogP contribution in [0.15, 0.2) is 18.2 Å². The zero-order valence-corrected chi connectivity index (χ0v) is 13.2. The zero-order chi connectivity index (χ0) is 14.9. The van der Waals surface area contributed by atoms with Gasteiger partial charge in [0.05, 0.1) is 13.2 Å². The molecular weight excluding hydrogens is 266 g/mol. The van der Waals surface area contributed by atoms with Crippen LogP contribution in [-0.4, -0.2) is 33.0 Å². The predicted molar refractivity (Wildman–Crippen MR) is 84.1 cm³/mol. The fourth-order valence-electron chi connectivity index (χ4n) is 2.47. The number of methoxy groups -OCH3 is 1. The molecule has 1 unspecified atom stereocenters. The zero-order valence-electron chi connectivity index (χ0n) is 13.2. The Labute approximate surface area is 127 Å². The molecule has 118 valence electrons. The molecule has 2 rings (SSSR count). The summed E-state index contributed by atoms with van der Waals surface area (Å²) in [5.41, 5.74) is 1.21. The molecular formula is C17H27NO3. The fourth-order valence-corrected chi connectivity index (χ4v) is 2.47. The Kier molecular flexibility index (Phi) is 6.83. The van der Waals surface area contributed by atoms with Crippen LogP contribution < -0.4 is 14.8 Å². The summed E-state index contributed by atoms with van der Waals surface area (Å²) in [6, 6.07) is 6.11. The van der Waals surface area contributed by atoms with Gasteiger partial charge in [-0.2, -0.15) is 0 Å². The normalized spacial score (nSPS) is 18.5. The lowest BCUT2D eigenvalue weighted by atomic mass is 10.1. The van der Waals surface area contributed by atoms with E-state index in [0.29, 0.717) is 6.61 Å². The summed E-state index contributed by atoms with van der Waals surface area (Å²) < 4.78 is 17.0. The molecule has 1 fully saturated rings. The van der Waals surface area contributed by atoms with Crippen LogP contribution in [0.2, 0.25) is 0 Å². The molecule has 1 atom stereocenters. The number of hydrogen-bond acceptors (Lipinski definition) is 4. The van der Waals surface area contributed by atoms with Gasteiger partial charge in [-0.05, 0) is 49.9 Å². The first-order valence-electron chi connectivity index (χ1n) is 7.95. The molecule has 21 heavy (non-hydrogen) atoms. The number of nitrogens with one attached hydrogen (secondary N) is 1. The average Bonchev–Trinajstić information content (AvgIpc) is 2.54. The molecule has 0 amide bonds. The topological polar surface area (TPSA) is 39.7 Å². The van der Waals surface area contributed by atoms with Gasteiger partial charge < -0.3 is 19.5 Å². The SMILES string of the molecule is CCCNCc1ccc(OC)c(OCC2CCCCO2)c1. The van der Waals surface area contributed by atoms with Crippen LogP contribution >= 0.6 is 0 Å². The average molecular weight is 293 g/mol. The Hall–Kier alpha value is -1.26. The highest BCUT2D eigenvalue weighted by Crippen LogP contribution is 2.28. The van der Waals surface area contributed by atoms with E-state index >= 15 is 0 Å². The lowest BCUT2D eigenvalue weighted by Gasteiger charge is -2.23. The van der Waals surface area contributed by atoms with Crippen molar-refractivity contribution in [1.29, 1.82) is 0 Å². The van der Waals surface area contributed by atoms with Gasteiger partial charge in [-0.3, -0.25) is 0 Å². The standard InChI is InChI=1S/C17H27NO3/c1-3-9-18-12-14-7-8-16(19-2)17(11-14)21-13-15-6-4-5-10-20-15/h7-8,11,15,18H,3-6,9-10,12-13H2,1-2H3. The fraction of sp³-hybridized carbons (Fsp3) is 0.647. The Morgan fingerprint density at radius 1 is 1.29 bits per heavy atom. The van der Waals surface area contributed by atoms with Crippen LogP contribution in [-0.2, 0) is 11.3 Å². The lowest BCUT2D eigenvalue weighted by molar-refractivity contribution is -0.0115. The molecule has 0 saturated carbocycles. The first-order chi connectivity index (χ1) is 10.3. The lowest BCUT2D eigenvalue weighted by Crippen LogP contribution is -2.26. The van der Waals surface area contributed by atoms with Gasteiger partial charge in [0, 0.05) is 13.2 Å². The smallest absolute Gasteiger partial charge is 0.161 e. The van der Waals surface area contributed by atoms with Crippen LogP contribution in [0.5, 0.6) is 11.5 Å². The van der Waals surface area contributed by atoms with Gasteiger partial charge in [0.1, 0.15) is 6.61 Å². The Balaban J connectivity index is 1.92. The highest BCUT2D eigenvalue weighted by Gasteiger charge is 2.15. The summed E-state index contributed by atoms with van der Waals surface area (Å²) in [4.78, 5) is 0. The van der Waals surface area contributed by atoms with Crippen molar-refractivity contribution >= 4 is 0 Å². The van der Waals surface area contributed by atoms with E-state index in [1.165, 1.54) is 18.4 Å². The maximum absolute atomic E-state index is 5.94. The molecule has 1 N–H and O–H groups in total. The van der Waals surface area contributed by atoms with Crippen molar-refractivity contribution in [3.63, 3.8) is 0 Å². The van der Waals surface area contributed by atoms with Gasteiger partial charge in [-0.25, -0.2) is 0 Å². The third kappa shape index (κ3) is 5.21. The molecule has 1 aromatic rings. The van der Waals surface area contributed by atoms with Crippen molar-refractivity contribution in [2.75, 3.05) is 26.9 Å². The minimum absolute atomic E-state index is 0.213. The van der Waals surface area contributed by atoms with E-state index in [1.54, 1.807) is 7.11 Å². The molecule has 1 aliphatic heterocycles. The first-order valence-corrected chi connectivity index (χ1v) is 7.95. The first kappa shape index (κ1) is 16.1. The maximum Gasteiger partial charge on any atom is 0.161 e. The monoisotopic (exact) mass is 293 g/mol. The third-order valence-electron chi connectivity index (χ3n) is 3.68. The van der Waals surface area contributed by atoms with E-state index < -0.39 is 0 Å². The van der Waals surface area contributed by atoms with Gasteiger partial charge >= 0.3 is 0 Å². The van der Waals surface area contributed by atoms with Crippen molar-refractivity contribution in [1.82, 2.24) is 5.32 Å². The van der Waals surface area contributed by atoms with Crippen LogP contribution in [0, 0.1) is 0 Å². The minimum Gasteiger partial charge on any atom is -0.493 e. The van der Waals surface area contributed by atoms with Crippen LogP contribution in [0.1, 0.15) is 38.2 Å². The molecule has 4 nitrogen and oxygen atoms in total. The van der Waals surface area contributed by atoms with E-state index in [2.05, 4.69) is 24.4 Å². The second-order valence-corrected chi connectivity index (χ2v) is 5.46. The van der Waals surface area contributed by atoms with E-state index in [-0.39, 0.29) is 6.10 Å². The molecule has 1 heterocycles. The summed E-state index contributed by atoms with van der Waals surface area (Å²) in [6.45, 7) is 5.50. The Morgan fingerprint density at radius 3 is 2.90 bits per heavy atom. The summed E-state index contributed by atoms with van der Waals surface area (Å²) in [7, 11) is 1.67. The molecule has 0 bridgehead atoms. The van der Waals surface area contributed by atoms with E-state index in [9.17, 15) is 0 Å². The molecule has 1 aromatic carbocycles. The second-order valence-electron chi connectivity index (χ2n) is 5.46. The van der Waals surface area contributed by atoms with E-state index in [4.69, 9.17) is 14.2 Å². The van der Waals surface area contributed by atoms with Crippen molar-refractivity contribution in [3.05, 3.63) is 23.8 Å². The maximum atomic E-state index is 5.94. The highest BCUT2D eigenvalue weighted by atomic mass is 16.5. The molecule has 0 radical (unpaired) electrons. The summed E-state index contributed by atoms with van der Waals surface area (Å²) >= 11 is 0. The molecule has 0 aromatic heterocycles. The summed E-state index contributed by atoms with van der Waals surface area (Å²) in [5, 5.41) is 3.40. The van der Waals surface area contributed by atoms with Gasteiger partial charge in [0.15, 0.2) is 11.5 Å². The number of benzene rings is 1. The van der Waals surface area contributed by atoms with Crippen molar-refractivity contribution in [2.24, 2.45) is 0 Å². The highest BCUT2D eigenvalue weighted by molar-refractivity contribution is 5.43. The number of rotatable bonds is 8. The van der Waals surface area contributed by atoms with Crippen molar-refractivity contribution in [3.8, 4) is 11.5 Å². The summed E-state index contributed by atoms with van der Waals surface area (Å²) in [5.74, 6) is 1.59. The molecule has 0 aliphatic carbocycles. The number of hydrogen-bond donors (Lipinski definition) is 1. The molecule has 4 heteroatoms. The predicted octanol–water partition coefficient (Wildman–Crippen LogP) is 3.14. The van der Waals surface area contributed by atoms with Crippen molar-refractivity contribution in [2.45, 2.75) is 45.3 Å².